The van der Waals surface area contributed by atoms with E-state index in [1.165, 1.54) is 105 Å². The van der Waals surface area contributed by atoms with E-state index < -0.39 is 5.54 Å². The molecule has 8 heteroatoms. The molecule has 0 bridgehead atoms. The topological polar surface area (TPSA) is 81.8 Å². The molecule has 1 unspecified atom stereocenters. The Labute approximate surface area is 529 Å². The van der Waals surface area contributed by atoms with Crippen molar-refractivity contribution in [1.29, 1.82) is 0 Å². The molecule has 0 spiro atoms. The van der Waals surface area contributed by atoms with Gasteiger partial charge >= 0.3 is 0 Å². The van der Waals surface area contributed by atoms with E-state index in [1.807, 2.05) is 134 Å². The molecule has 6 nitrogen and oxygen atoms in total. The molecule has 8 aromatic rings. The van der Waals surface area contributed by atoms with Crippen molar-refractivity contribution in [2.24, 2.45) is 10.7 Å². The van der Waals surface area contributed by atoms with Gasteiger partial charge in [0.1, 0.15) is 24.9 Å². The van der Waals surface area contributed by atoms with E-state index in [0.29, 0.717) is 19.3 Å². The van der Waals surface area contributed by atoms with Crippen molar-refractivity contribution in [3.05, 3.63) is 239 Å². The first-order valence-corrected chi connectivity index (χ1v) is 31.8. The molecule has 2 aliphatic heterocycles. The summed E-state index contributed by atoms with van der Waals surface area (Å²) in [7, 11) is 0. The normalized spacial score (nSPS) is 14.1. The summed E-state index contributed by atoms with van der Waals surface area (Å²) in [4.78, 5) is 27.6. The second-order valence-electron chi connectivity index (χ2n) is 22.6. The average Bonchev–Trinajstić information content (AvgIpc) is 1.77. The zero-order chi connectivity index (χ0) is 60.0. The molecular formula is C77H93Br2N3O3. The summed E-state index contributed by atoms with van der Waals surface area (Å²) in [5.41, 5.74) is 19.2. The Morgan fingerprint density at radius 2 is 1.06 bits per heavy atom. The molecule has 0 aliphatic carbocycles. The van der Waals surface area contributed by atoms with E-state index in [1.54, 1.807) is 25.0 Å². The van der Waals surface area contributed by atoms with Crippen molar-refractivity contribution < 1.29 is 35.8 Å². The van der Waals surface area contributed by atoms with E-state index in [-0.39, 0.29) is 34.6 Å². The van der Waals surface area contributed by atoms with E-state index >= 15 is 0 Å². The molecular weight excluding hydrogens is 1170 g/mol. The highest BCUT2D eigenvalue weighted by molar-refractivity contribution is 9.09. The van der Waals surface area contributed by atoms with E-state index in [4.69, 9.17) is 10.5 Å². The number of nitrogens with zero attached hydrogens (tertiary/aromatic N) is 2. The highest BCUT2D eigenvalue weighted by Gasteiger charge is 2.36. The van der Waals surface area contributed by atoms with Crippen LogP contribution in [-0.4, -0.2) is 65.5 Å². The highest BCUT2D eigenvalue weighted by atomic mass is 79.9. The van der Waals surface area contributed by atoms with Gasteiger partial charge in [-0.25, -0.2) is 0 Å². The maximum atomic E-state index is 12.0. The monoisotopic (exact) mass is 1270 g/mol. The Morgan fingerprint density at radius 1 is 0.624 bits per heavy atom. The van der Waals surface area contributed by atoms with Crippen molar-refractivity contribution in [3.8, 4) is 11.1 Å². The lowest BCUT2D eigenvalue weighted by molar-refractivity contribution is -0.953. The van der Waals surface area contributed by atoms with Crippen molar-refractivity contribution in [3.63, 3.8) is 0 Å². The molecule has 8 aromatic carbocycles. The van der Waals surface area contributed by atoms with Crippen molar-refractivity contribution in [1.82, 2.24) is 0 Å². The minimum absolute atomic E-state index is 0. The molecule has 0 aromatic heterocycles. The van der Waals surface area contributed by atoms with Gasteiger partial charge in [-0.15, -0.1) is 0 Å². The van der Waals surface area contributed by atoms with Crippen LogP contribution >= 0.6 is 15.9 Å². The Morgan fingerprint density at radius 3 is 1.47 bits per heavy atom. The summed E-state index contributed by atoms with van der Waals surface area (Å²) >= 11 is 3.32. The summed E-state index contributed by atoms with van der Waals surface area (Å²) < 4.78 is 6.14. The number of aryl methyl sites for hydroxylation is 2. The standard InChI is InChI=1S/C32H38N.C19H21NO.C13H17NO.C9H9Br.C4H8O.BrH/c1-5-7-17-33(18-8-6-2)21-29-23(3)19-25-13-9-11-15-27(25)31(29)32-28-16-12-10-14-26(28)20-24(4)30(32)22-33;1-16(21)19(20,15-18-11-6-3-7-12-18)14-8-13-17-9-4-2-5-10-17;1-3-9-14-13(11(2)15)10-12-7-5-4-6-8-12;10-8-4-7-9-5-2-1-3-6-9;1-2-4-5-3-1;/h9-16,19-20H,5-8,17-18,21-22H2,1-4H3;2-13H,14-15,20H2,1H3;4-9,13H,3,10H2,1-2H3;1-7H,8H2;1-4H2;1H/q+1;;;;;/p-1/b;;;7-4+;;/t;19-;;;;/m.0..../s1. The fourth-order valence-corrected chi connectivity index (χ4v) is 11.3. The van der Waals surface area contributed by atoms with E-state index in [2.05, 4.69) is 134 Å². The quantitative estimate of drug-likeness (QED) is 0.0497. The van der Waals surface area contributed by atoms with Crippen molar-refractivity contribution in [2.75, 3.05) is 31.6 Å². The maximum absolute atomic E-state index is 12.0. The van der Waals surface area contributed by atoms with Crippen LogP contribution in [0.15, 0.2) is 199 Å². The lowest BCUT2D eigenvalue weighted by Crippen LogP contribution is -3.00. The molecule has 448 valence electrons. The molecule has 2 aliphatic rings. The van der Waals surface area contributed by atoms with Gasteiger partial charge in [0.05, 0.1) is 18.6 Å². The number of aliphatic imine (C=N–C) groups is 1. The molecule has 0 amide bonds. The minimum atomic E-state index is -0.841. The zero-order valence-electron chi connectivity index (χ0n) is 51.8. The first kappa shape index (κ1) is 69.4. The number of hydrogen-bond acceptors (Lipinski definition) is 5. The number of ether oxygens (including phenoxy) is 1. The largest absolute Gasteiger partial charge is 1.00 e. The van der Waals surface area contributed by atoms with Gasteiger partial charge in [-0.3, -0.25) is 14.6 Å². The number of alkyl halides is 1. The van der Waals surface area contributed by atoms with Gasteiger partial charge in [-0.1, -0.05) is 256 Å². The highest BCUT2D eigenvalue weighted by Crippen LogP contribution is 2.46. The molecule has 85 heavy (non-hydrogen) atoms. The second-order valence-corrected chi connectivity index (χ2v) is 23.2. The van der Waals surface area contributed by atoms with Crippen LogP contribution in [0.25, 0.3) is 44.8 Å². The van der Waals surface area contributed by atoms with Crippen LogP contribution in [0.1, 0.15) is 130 Å². The molecule has 1 fully saturated rings. The van der Waals surface area contributed by atoms with Crippen molar-refractivity contribution >= 4 is 67.4 Å². The number of rotatable bonds is 19. The van der Waals surface area contributed by atoms with Crippen LogP contribution in [0.4, 0.5) is 0 Å². The number of quaternary nitrogens is 1. The molecule has 2 atom stereocenters. The number of allylic oxidation sites excluding steroid dienone is 1. The molecule has 0 radical (unpaired) electrons. The third-order valence-corrected chi connectivity index (χ3v) is 16.2. The first-order chi connectivity index (χ1) is 40.8. The Hall–Kier alpha value is -6.39. The van der Waals surface area contributed by atoms with Crippen molar-refractivity contribution in [2.45, 2.75) is 137 Å². The van der Waals surface area contributed by atoms with Crippen LogP contribution in [0.3, 0.4) is 0 Å². The van der Waals surface area contributed by atoms with Gasteiger partial charge in [-0.2, -0.15) is 0 Å². The fourth-order valence-electron chi connectivity index (χ4n) is 11.1. The predicted octanol–water partition coefficient (Wildman–Crippen LogP) is 15.9. The number of unbranched alkanes of at least 4 members (excludes halogenated alkanes) is 2. The fraction of sp³-hybridized carbons (Fsp3) is 0.338. The third kappa shape index (κ3) is 21.8. The Bertz CT molecular complexity index is 3230. The number of nitrogens with two attached hydrogens (primary N) is 1. The van der Waals surface area contributed by atoms with Gasteiger partial charge in [0.15, 0.2) is 5.78 Å². The molecule has 0 saturated carbocycles. The van der Waals surface area contributed by atoms with Crippen LogP contribution < -0.4 is 22.7 Å². The van der Waals surface area contributed by atoms with Crippen LogP contribution in [-0.2, 0) is 40.3 Å². The number of Topliss-reactive ketones (excluding diaryl/α,β-unsaturated/α-hetero) is 2. The molecule has 2 N–H and O–H groups in total. The first-order valence-electron chi connectivity index (χ1n) is 30.7. The SMILES string of the molecule is BrC/C=C/c1ccccc1.C1CCOC1.CC(=O)[C@](N)(CC=Cc1ccccc1)Cc1ccccc1.CCC=NC(Cc1ccccc1)C(C)=O.CCCC[N+]1(CCCC)Cc2c(C)cc3ccccc3c2-c2c(c(C)cc3ccccc23)C1.[Br-]. The number of hydrogen-bond donors (Lipinski definition) is 1. The smallest absolute Gasteiger partial charge is 0.154 e. The van der Waals surface area contributed by atoms with E-state index in [9.17, 15) is 9.59 Å². The number of ketones is 2. The third-order valence-electron chi connectivity index (χ3n) is 15.9. The van der Waals surface area contributed by atoms with Gasteiger partial charge in [0, 0.05) is 36.1 Å². The second kappa shape index (κ2) is 37.2. The summed E-state index contributed by atoms with van der Waals surface area (Å²) in [5, 5.41) is 6.49. The summed E-state index contributed by atoms with van der Waals surface area (Å²) in [5.74, 6) is 0.146. The van der Waals surface area contributed by atoms with Gasteiger partial charge in [0.25, 0.3) is 0 Å². The molecule has 2 heterocycles. The number of carbonyl (C=O) groups excluding carboxylic acids is 2. The lowest BCUT2D eigenvalue weighted by atomic mass is 9.85. The summed E-state index contributed by atoms with van der Waals surface area (Å²) in [6.45, 7) is 21.4. The van der Waals surface area contributed by atoms with E-state index in [0.717, 1.165) is 54.7 Å². The number of fused-ring (bicyclic) bond motifs is 7. The molecule has 10 rings (SSSR count). The summed E-state index contributed by atoms with van der Waals surface area (Å²) in [6.07, 6.45) is 20.3. The predicted molar refractivity (Wildman–Crippen MR) is 364 cm³/mol. The summed E-state index contributed by atoms with van der Waals surface area (Å²) in [6, 6.07) is 62.9. The lowest BCUT2D eigenvalue weighted by Gasteiger charge is -2.39. The van der Waals surface area contributed by atoms with Crippen LogP contribution in [0.5, 0.6) is 0 Å². The van der Waals surface area contributed by atoms with Crippen LogP contribution in [0.2, 0.25) is 0 Å². The molecule has 1 saturated heterocycles. The number of benzene rings is 8. The average molecular weight is 1270 g/mol. The Kier molecular flexibility index (Phi) is 30.4. The Balaban J connectivity index is 0.000000217. The number of carbonyl (C=O) groups is 2. The van der Waals surface area contributed by atoms with Gasteiger partial charge in [0.2, 0.25) is 0 Å². The number of halogens is 2. The minimum Gasteiger partial charge on any atom is -1.00 e. The van der Waals surface area contributed by atoms with Crippen LogP contribution in [0, 0.1) is 13.8 Å². The van der Waals surface area contributed by atoms with Gasteiger partial charge in [-0.05, 0) is 145 Å². The van der Waals surface area contributed by atoms with Gasteiger partial charge < -0.3 is 31.9 Å². The zero-order valence-corrected chi connectivity index (χ0v) is 54.9. The maximum Gasteiger partial charge on any atom is 0.154 e.